The normalized spacial score (nSPS) is 13.0. The zero-order valence-electron chi connectivity index (χ0n) is 10.6. The van der Waals surface area contributed by atoms with Crippen LogP contribution in [0.4, 0.5) is 0 Å². The molecule has 1 rings (SSSR count). The fourth-order valence-corrected chi connectivity index (χ4v) is 1.66. The van der Waals surface area contributed by atoms with Crippen LogP contribution in [0.2, 0.25) is 0 Å². The van der Waals surface area contributed by atoms with Crippen molar-refractivity contribution >= 4 is 5.57 Å². The molecule has 0 unspecified atom stereocenters. The fraction of sp³-hybridized carbons (Fsp3) is 0.467. The Morgan fingerprint density at radius 3 is 2.07 bits per heavy atom. The van der Waals surface area contributed by atoms with Crippen molar-refractivity contribution in [2.24, 2.45) is 0 Å². The average molecular weight is 202 g/mol. The molecule has 0 aliphatic heterocycles. The van der Waals surface area contributed by atoms with Gasteiger partial charge in [0.05, 0.1) is 0 Å². The van der Waals surface area contributed by atoms with E-state index in [9.17, 15) is 0 Å². The molecule has 1 aromatic rings. The third kappa shape index (κ3) is 3.23. The molecule has 0 heteroatoms. The van der Waals surface area contributed by atoms with Gasteiger partial charge in [0.2, 0.25) is 0 Å². The van der Waals surface area contributed by atoms with Gasteiger partial charge in [-0.1, -0.05) is 58.0 Å². The minimum Gasteiger partial charge on any atom is -0.0813 e. The Morgan fingerprint density at radius 2 is 1.67 bits per heavy atom. The largest absolute Gasteiger partial charge is 0.0813 e. The van der Waals surface area contributed by atoms with E-state index < -0.39 is 0 Å². The van der Waals surface area contributed by atoms with Gasteiger partial charge in [-0.3, -0.25) is 0 Å². The van der Waals surface area contributed by atoms with E-state index in [-0.39, 0.29) is 5.41 Å². The molecule has 0 nitrogen and oxygen atoms in total. The van der Waals surface area contributed by atoms with E-state index in [1.807, 2.05) is 0 Å². The lowest BCUT2D eigenvalue weighted by atomic mass is 9.86. The van der Waals surface area contributed by atoms with Gasteiger partial charge in [0, 0.05) is 0 Å². The van der Waals surface area contributed by atoms with E-state index in [4.69, 9.17) is 0 Å². The van der Waals surface area contributed by atoms with Crippen molar-refractivity contribution in [1.82, 2.24) is 0 Å². The lowest BCUT2D eigenvalue weighted by Crippen LogP contribution is -2.10. The van der Waals surface area contributed by atoms with Crippen LogP contribution in [0.25, 0.3) is 5.57 Å². The van der Waals surface area contributed by atoms with Crippen molar-refractivity contribution in [1.29, 1.82) is 0 Å². The first-order valence-corrected chi connectivity index (χ1v) is 5.73. The van der Waals surface area contributed by atoms with Crippen LogP contribution in [0.15, 0.2) is 30.3 Å². The maximum Gasteiger partial charge on any atom is -0.0132 e. The smallest absolute Gasteiger partial charge is 0.0132 e. The molecule has 82 valence electrons. The van der Waals surface area contributed by atoms with Crippen molar-refractivity contribution in [2.75, 3.05) is 0 Å². The van der Waals surface area contributed by atoms with Crippen LogP contribution in [-0.4, -0.2) is 0 Å². The first kappa shape index (κ1) is 12.0. The highest BCUT2D eigenvalue weighted by Crippen LogP contribution is 2.24. The second-order valence-corrected chi connectivity index (χ2v) is 5.12. The topological polar surface area (TPSA) is 0 Å². The molecule has 0 spiro atoms. The molecule has 0 saturated carbocycles. The average Bonchev–Trinajstić information content (AvgIpc) is 2.17. The molecular weight excluding hydrogens is 180 g/mol. The van der Waals surface area contributed by atoms with Gasteiger partial charge in [0.15, 0.2) is 0 Å². The SMILES string of the molecule is CCC=C(C)c1ccc(C(C)(C)C)cc1. The lowest BCUT2D eigenvalue weighted by molar-refractivity contribution is 0.590. The van der Waals surface area contributed by atoms with Crippen LogP contribution < -0.4 is 0 Å². The molecule has 15 heavy (non-hydrogen) atoms. The number of hydrogen-bond donors (Lipinski definition) is 0. The predicted octanol–water partition coefficient (Wildman–Crippen LogP) is 4.80. The minimum absolute atomic E-state index is 0.251. The summed E-state index contributed by atoms with van der Waals surface area (Å²) in [7, 11) is 0. The van der Waals surface area contributed by atoms with Crippen LogP contribution in [-0.2, 0) is 5.41 Å². The van der Waals surface area contributed by atoms with Crippen LogP contribution in [0.5, 0.6) is 0 Å². The molecule has 0 bridgehead atoms. The first-order valence-electron chi connectivity index (χ1n) is 5.73. The summed E-state index contributed by atoms with van der Waals surface area (Å²) in [4.78, 5) is 0. The van der Waals surface area contributed by atoms with Crippen LogP contribution in [0.1, 0.15) is 52.2 Å². The molecule has 0 N–H and O–H groups in total. The van der Waals surface area contributed by atoms with Gasteiger partial charge < -0.3 is 0 Å². The molecule has 0 fully saturated rings. The molecule has 1 aromatic carbocycles. The molecule has 0 heterocycles. The van der Waals surface area contributed by atoms with Gasteiger partial charge in [0.25, 0.3) is 0 Å². The van der Waals surface area contributed by atoms with Gasteiger partial charge in [0.1, 0.15) is 0 Å². The predicted molar refractivity (Wildman–Crippen MR) is 69.1 cm³/mol. The Kier molecular flexibility index (Phi) is 3.73. The van der Waals surface area contributed by atoms with Gasteiger partial charge in [-0.2, -0.15) is 0 Å². The fourth-order valence-electron chi connectivity index (χ4n) is 1.66. The monoisotopic (exact) mass is 202 g/mol. The summed E-state index contributed by atoms with van der Waals surface area (Å²) in [5.41, 5.74) is 4.36. The minimum atomic E-state index is 0.251. The van der Waals surface area contributed by atoms with Crippen LogP contribution in [0.3, 0.4) is 0 Å². The molecule has 0 aliphatic carbocycles. The molecule has 0 aromatic heterocycles. The van der Waals surface area contributed by atoms with Crippen molar-refractivity contribution in [2.45, 2.75) is 46.5 Å². The zero-order valence-corrected chi connectivity index (χ0v) is 10.6. The standard InChI is InChI=1S/C15H22/c1-6-7-12(2)13-8-10-14(11-9-13)15(3,4)5/h7-11H,6H2,1-5H3. The summed E-state index contributed by atoms with van der Waals surface area (Å²) >= 11 is 0. The molecule has 0 aliphatic rings. The Labute approximate surface area is 94.0 Å². The van der Waals surface area contributed by atoms with Crippen molar-refractivity contribution in [3.8, 4) is 0 Å². The van der Waals surface area contributed by atoms with E-state index in [2.05, 4.69) is 65.0 Å². The second-order valence-electron chi connectivity index (χ2n) is 5.12. The maximum absolute atomic E-state index is 2.27. The lowest BCUT2D eigenvalue weighted by Gasteiger charge is -2.19. The Hall–Kier alpha value is -1.04. The summed E-state index contributed by atoms with van der Waals surface area (Å²) in [5, 5.41) is 0. The van der Waals surface area contributed by atoms with Gasteiger partial charge in [-0.15, -0.1) is 0 Å². The maximum atomic E-state index is 2.27. The van der Waals surface area contributed by atoms with Gasteiger partial charge in [-0.05, 0) is 35.5 Å². The van der Waals surface area contributed by atoms with Crippen LogP contribution >= 0.6 is 0 Å². The number of allylic oxidation sites excluding steroid dienone is 2. The summed E-state index contributed by atoms with van der Waals surface area (Å²) in [5.74, 6) is 0. The molecule has 0 radical (unpaired) electrons. The highest BCUT2D eigenvalue weighted by Gasteiger charge is 2.12. The molecule has 0 saturated heterocycles. The quantitative estimate of drug-likeness (QED) is 0.646. The van der Waals surface area contributed by atoms with Gasteiger partial charge >= 0.3 is 0 Å². The first-order chi connectivity index (χ1) is 6.95. The molecular formula is C15H22. The van der Waals surface area contributed by atoms with E-state index in [0.717, 1.165) is 6.42 Å². The third-order valence-corrected chi connectivity index (χ3v) is 2.72. The molecule has 0 atom stereocenters. The van der Waals surface area contributed by atoms with Crippen LogP contribution in [0, 0.1) is 0 Å². The van der Waals surface area contributed by atoms with E-state index >= 15 is 0 Å². The van der Waals surface area contributed by atoms with Crippen molar-refractivity contribution < 1.29 is 0 Å². The second kappa shape index (κ2) is 4.65. The molecule has 0 amide bonds. The number of hydrogen-bond acceptors (Lipinski definition) is 0. The third-order valence-electron chi connectivity index (χ3n) is 2.72. The highest BCUT2D eigenvalue weighted by molar-refractivity contribution is 5.63. The summed E-state index contributed by atoms with van der Waals surface area (Å²) in [6, 6.07) is 8.93. The van der Waals surface area contributed by atoms with E-state index in [0.29, 0.717) is 0 Å². The Morgan fingerprint density at radius 1 is 1.13 bits per heavy atom. The van der Waals surface area contributed by atoms with Crippen molar-refractivity contribution in [3.05, 3.63) is 41.5 Å². The zero-order chi connectivity index (χ0) is 11.5. The van der Waals surface area contributed by atoms with Crippen molar-refractivity contribution in [3.63, 3.8) is 0 Å². The highest BCUT2D eigenvalue weighted by atomic mass is 14.2. The Balaban J connectivity index is 2.96. The van der Waals surface area contributed by atoms with E-state index in [1.165, 1.54) is 16.7 Å². The number of rotatable bonds is 2. The Bertz CT molecular complexity index is 333. The van der Waals surface area contributed by atoms with Gasteiger partial charge in [-0.25, -0.2) is 0 Å². The number of benzene rings is 1. The summed E-state index contributed by atoms with van der Waals surface area (Å²) < 4.78 is 0. The van der Waals surface area contributed by atoms with E-state index in [1.54, 1.807) is 0 Å². The summed E-state index contributed by atoms with van der Waals surface area (Å²) in [6.45, 7) is 11.1. The summed E-state index contributed by atoms with van der Waals surface area (Å²) in [6.07, 6.45) is 3.37.